The predicted molar refractivity (Wildman–Crippen MR) is 128 cm³/mol. The third kappa shape index (κ3) is 7.94. The number of carbonyl (C=O) groups excluding carboxylic acids is 1. The molecule has 1 heterocycles. The SMILES string of the molecule is COc1ccc(CCC(=O)NCc2cccc(OCCN(C)C3CCOCC3)c2)cc1OC. The number of carbonyl (C=O) groups is 1. The molecule has 2 aromatic carbocycles. The smallest absolute Gasteiger partial charge is 0.220 e. The summed E-state index contributed by atoms with van der Waals surface area (Å²) in [5.74, 6) is 2.19. The van der Waals surface area contributed by atoms with Crippen molar-refractivity contribution in [1.29, 1.82) is 0 Å². The van der Waals surface area contributed by atoms with Crippen LogP contribution in [0.25, 0.3) is 0 Å². The van der Waals surface area contributed by atoms with Crippen LogP contribution in [0.2, 0.25) is 0 Å². The first-order valence-corrected chi connectivity index (χ1v) is 11.6. The Bertz CT molecular complexity index is 883. The molecule has 180 valence electrons. The molecule has 0 saturated carbocycles. The van der Waals surface area contributed by atoms with Crippen LogP contribution >= 0.6 is 0 Å². The molecule has 1 aliphatic heterocycles. The molecular formula is C26H36N2O5. The maximum absolute atomic E-state index is 12.3. The molecule has 0 bridgehead atoms. The largest absolute Gasteiger partial charge is 0.493 e. The van der Waals surface area contributed by atoms with Crippen molar-refractivity contribution >= 4 is 5.91 Å². The highest BCUT2D eigenvalue weighted by molar-refractivity contribution is 5.76. The first kappa shape index (κ1) is 24.9. The number of nitrogens with zero attached hydrogens (tertiary/aromatic N) is 1. The monoisotopic (exact) mass is 456 g/mol. The van der Waals surface area contributed by atoms with Gasteiger partial charge in [0.15, 0.2) is 11.5 Å². The van der Waals surface area contributed by atoms with Crippen molar-refractivity contribution in [1.82, 2.24) is 10.2 Å². The Morgan fingerprint density at radius 2 is 1.85 bits per heavy atom. The highest BCUT2D eigenvalue weighted by atomic mass is 16.5. The van der Waals surface area contributed by atoms with Crippen LogP contribution in [-0.2, 0) is 22.5 Å². The first-order chi connectivity index (χ1) is 16.1. The van der Waals surface area contributed by atoms with E-state index >= 15 is 0 Å². The van der Waals surface area contributed by atoms with Gasteiger partial charge in [-0.25, -0.2) is 0 Å². The average molecular weight is 457 g/mol. The van der Waals surface area contributed by atoms with Crippen molar-refractivity contribution in [3.8, 4) is 17.2 Å². The Balaban J connectivity index is 1.39. The highest BCUT2D eigenvalue weighted by Crippen LogP contribution is 2.28. The molecule has 0 radical (unpaired) electrons. The van der Waals surface area contributed by atoms with E-state index in [1.165, 1.54) is 0 Å². The number of ether oxygens (including phenoxy) is 4. The molecule has 1 fully saturated rings. The summed E-state index contributed by atoms with van der Waals surface area (Å²) in [6.07, 6.45) is 3.20. The van der Waals surface area contributed by atoms with Crippen LogP contribution in [0.3, 0.4) is 0 Å². The van der Waals surface area contributed by atoms with E-state index in [1.807, 2.05) is 42.5 Å². The van der Waals surface area contributed by atoms with Gasteiger partial charge in [-0.3, -0.25) is 9.69 Å². The number of likely N-dealkylation sites (N-methyl/N-ethyl adjacent to an activating group) is 1. The van der Waals surface area contributed by atoms with Crippen LogP contribution in [0.1, 0.15) is 30.4 Å². The quantitative estimate of drug-likeness (QED) is 0.528. The molecule has 1 saturated heterocycles. The van der Waals surface area contributed by atoms with Gasteiger partial charge in [-0.05, 0) is 61.7 Å². The number of hydrogen-bond acceptors (Lipinski definition) is 6. The van der Waals surface area contributed by atoms with Crippen molar-refractivity contribution in [3.63, 3.8) is 0 Å². The Labute approximate surface area is 197 Å². The topological polar surface area (TPSA) is 69.3 Å². The molecule has 0 unspecified atom stereocenters. The summed E-state index contributed by atoms with van der Waals surface area (Å²) in [5, 5.41) is 2.99. The Hall–Kier alpha value is -2.77. The van der Waals surface area contributed by atoms with Gasteiger partial charge in [0.1, 0.15) is 12.4 Å². The molecule has 7 nitrogen and oxygen atoms in total. The summed E-state index contributed by atoms with van der Waals surface area (Å²) < 4.78 is 22.0. The van der Waals surface area contributed by atoms with Gasteiger partial charge in [0.05, 0.1) is 14.2 Å². The van der Waals surface area contributed by atoms with E-state index < -0.39 is 0 Å². The number of hydrogen-bond donors (Lipinski definition) is 1. The molecule has 33 heavy (non-hydrogen) atoms. The number of amides is 1. The fourth-order valence-electron chi connectivity index (χ4n) is 3.94. The molecule has 0 atom stereocenters. The van der Waals surface area contributed by atoms with Gasteiger partial charge in [0.25, 0.3) is 0 Å². The van der Waals surface area contributed by atoms with E-state index in [0.717, 1.165) is 49.5 Å². The van der Waals surface area contributed by atoms with Crippen molar-refractivity contribution in [2.24, 2.45) is 0 Å². The second-order valence-electron chi connectivity index (χ2n) is 8.29. The van der Waals surface area contributed by atoms with E-state index in [-0.39, 0.29) is 5.91 Å². The van der Waals surface area contributed by atoms with Crippen LogP contribution < -0.4 is 19.5 Å². The number of rotatable bonds is 12. The van der Waals surface area contributed by atoms with Gasteiger partial charge in [0, 0.05) is 38.8 Å². The first-order valence-electron chi connectivity index (χ1n) is 11.6. The fraction of sp³-hybridized carbons (Fsp3) is 0.500. The van der Waals surface area contributed by atoms with Crippen LogP contribution in [0.5, 0.6) is 17.2 Å². The molecule has 0 spiro atoms. The number of aryl methyl sites for hydroxylation is 1. The summed E-state index contributed by atoms with van der Waals surface area (Å²) in [6.45, 7) is 3.68. The van der Waals surface area contributed by atoms with E-state index in [0.29, 0.717) is 43.5 Å². The number of benzene rings is 2. The van der Waals surface area contributed by atoms with Crippen LogP contribution in [0.15, 0.2) is 42.5 Å². The maximum Gasteiger partial charge on any atom is 0.220 e. The van der Waals surface area contributed by atoms with Crippen LogP contribution in [-0.4, -0.2) is 64.5 Å². The molecule has 1 N–H and O–H groups in total. The normalized spacial score (nSPS) is 14.2. The summed E-state index contributed by atoms with van der Waals surface area (Å²) in [5.41, 5.74) is 2.05. The van der Waals surface area contributed by atoms with Gasteiger partial charge in [-0.1, -0.05) is 18.2 Å². The maximum atomic E-state index is 12.3. The Morgan fingerprint density at radius 1 is 1.06 bits per heavy atom. The van der Waals surface area contributed by atoms with E-state index in [2.05, 4.69) is 17.3 Å². The zero-order chi connectivity index (χ0) is 23.5. The minimum absolute atomic E-state index is 0.00851. The van der Waals surface area contributed by atoms with Gasteiger partial charge in [-0.15, -0.1) is 0 Å². The van der Waals surface area contributed by atoms with Crippen LogP contribution in [0, 0.1) is 0 Å². The lowest BCUT2D eigenvalue weighted by molar-refractivity contribution is -0.121. The summed E-state index contributed by atoms with van der Waals surface area (Å²) in [4.78, 5) is 14.7. The van der Waals surface area contributed by atoms with Crippen molar-refractivity contribution < 1.29 is 23.7 Å². The fourth-order valence-corrected chi connectivity index (χ4v) is 3.94. The number of nitrogens with one attached hydrogen (secondary N) is 1. The molecule has 7 heteroatoms. The van der Waals surface area contributed by atoms with Crippen molar-refractivity contribution in [3.05, 3.63) is 53.6 Å². The van der Waals surface area contributed by atoms with Gasteiger partial charge in [0.2, 0.25) is 5.91 Å². The summed E-state index contributed by atoms with van der Waals surface area (Å²) in [6, 6.07) is 14.2. The van der Waals surface area contributed by atoms with Crippen LogP contribution in [0.4, 0.5) is 0 Å². The van der Waals surface area contributed by atoms with E-state index in [4.69, 9.17) is 18.9 Å². The minimum atomic E-state index is 0.00851. The lowest BCUT2D eigenvalue weighted by Crippen LogP contribution is -2.38. The second-order valence-corrected chi connectivity index (χ2v) is 8.29. The average Bonchev–Trinajstić information content (AvgIpc) is 2.86. The lowest BCUT2D eigenvalue weighted by atomic mass is 10.1. The van der Waals surface area contributed by atoms with E-state index in [1.54, 1.807) is 14.2 Å². The summed E-state index contributed by atoms with van der Waals surface area (Å²) >= 11 is 0. The summed E-state index contributed by atoms with van der Waals surface area (Å²) in [7, 11) is 5.36. The zero-order valence-electron chi connectivity index (χ0n) is 20.0. The van der Waals surface area contributed by atoms with E-state index in [9.17, 15) is 4.79 Å². The number of methoxy groups -OCH3 is 2. The molecule has 2 aromatic rings. The van der Waals surface area contributed by atoms with Crippen molar-refractivity contribution in [2.45, 2.75) is 38.3 Å². The Kier molecular flexibility index (Phi) is 9.84. The molecule has 1 amide bonds. The molecule has 0 aromatic heterocycles. The molecule has 3 rings (SSSR count). The van der Waals surface area contributed by atoms with Gasteiger partial charge >= 0.3 is 0 Å². The Morgan fingerprint density at radius 3 is 2.61 bits per heavy atom. The molecule has 0 aliphatic carbocycles. The zero-order valence-corrected chi connectivity index (χ0v) is 20.0. The predicted octanol–water partition coefficient (Wildman–Crippen LogP) is 3.44. The third-order valence-corrected chi connectivity index (χ3v) is 6.00. The van der Waals surface area contributed by atoms with Crippen molar-refractivity contribution in [2.75, 3.05) is 47.6 Å². The highest BCUT2D eigenvalue weighted by Gasteiger charge is 2.18. The minimum Gasteiger partial charge on any atom is -0.493 e. The third-order valence-electron chi connectivity index (χ3n) is 6.00. The molecule has 1 aliphatic rings. The lowest BCUT2D eigenvalue weighted by Gasteiger charge is -2.31. The standard InChI is InChI=1S/C26H36N2O5/c1-28(22-11-14-32-15-12-22)13-16-33-23-6-4-5-21(17-23)19-27-26(29)10-8-20-7-9-24(30-2)25(18-20)31-3/h4-7,9,17-18,22H,8,10-16,19H2,1-3H3,(H,27,29). The van der Waals surface area contributed by atoms with Gasteiger partial charge in [-0.2, -0.15) is 0 Å². The second kappa shape index (κ2) is 13.1. The van der Waals surface area contributed by atoms with Gasteiger partial charge < -0.3 is 24.3 Å². The molecular weight excluding hydrogens is 420 g/mol.